The number of ketones is 1. The van der Waals surface area contributed by atoms with E-state index in [2.05, 4.69) is 20.9 Å². The molecule has 3 nitrogen and oxygen atoms in total. The average Bonchev–Trinajstić information content (AvgIpc) is 3.13. The number of halogens is 1. The van der Waals surface area contributed by atoms with Crippen LogP contribution in [0.5, 0.6) is 0 Å². The molecule has 0 fully saturated rings. The van der Waals surface area contributed by atoms with Gasteiger partial charge in [0.1, 0.15) is 0 Å². The monoisotopic (exact) mass is 378 g/mol. The fourth-order valence-electron chi connectivity index (χ4n) is 3.03. The summed E-state index contributed by atoms with van der Waals surface area (Å²) >= 11 is 3.45. The van der Waals surface area contributed by atoms with Crippen LogP contribution < -0.4 is 0 Å². The molecular formula is C20H15BrN2O. The van der Waals surface area contributed by atoms with Crippen LogP contribution in [-0.2, 0) is 6.42 Å². The molecule has 1 aliphatic rings. The van der Waals surface area contributed by atoms with E-state index in [1.54, 1.807) is 12.5 Å². The molecule has 0 aliphatic heterocycles. The first-order chi connectivity index (χ1) is 11.7. The normalized spacial score (nSPS) is 15.5. The molecule has 4 rings (SSSR count). The molecule has 4 heteroatoms. The number of hydrogen-bond acceptors (Lipinski definition) is 2. The van der Waals surface area contributed by atoms with Crippen molar-refractivity contribution in [2.45, 2.75) is 12.8 Å². The number of imidazole rings is 1. The van der Waals surface area contributed by atoms with E-state index in [0.29, 0.717) is 0 Å². The van der Waals surface area contributed by atoms with Gasteiger partial charge in [0.25, 0.3) is 0 Å². The van der Waals surface area contributed by atoms with Crippen LogP contribution in [-0.4, -0.2) is 15.3 Å². The van der Waals surface area contributed by atoms with Crippen LogP contribution in [0.2, 0.25) is 0 Å². The molecular weight excluding hydrogens is 364 g/mol. The van der Waals surface area contributed by atoms with E-state index >= 15 is 0 Å². The molecule has 0 unspecified atom stereocenters. The van der Waals surface area contributed by atoms with E-state index in [1.807, 2.05) is 59.3 Å². The molecule has 0 bridgehead atoms. The Labute approximate surface area is 148 Å². The standard InChI is InChI=1S/C20H15BrN2O/c21-17-6-5-15-3-4-16(20(24)19(15)12-17)11-14-1-7-18(8-2-14)23-10-9-22-13-23/h1-2,5-13H,3-4H2/b16-11+. The van der Waals surface area contributed by atoms with Gasteiger partial charge in [0.2, 0.25) is 0 Å². The van der Waals surface area contributed by atoms with Gasteiger partial charge in [-0.1, -0.05) is 34.1 Å². The SMILES string of the molecule is O=C1/C(=C/c2ccc(-n3ccnc3)cc2)CCc2ccc(Br)cc21. The van der Waals surface area contributed by atoms with Gasteiger partial charge >= 0.3 is 0 Å². The van der Waals surface area contributed by atoms with E-state index in [1.165, 1.54) is 0 Å². The predicted octanol–water partition coefficient (Wildman–Crippen LogP) is 4.85. The van der Waals surface area contributed by atoms with Crippen molar-refractivity contribution in [1.29, 1.82) is 0 Å². The second kappa shape index (κ2) is 6.21. The summed E-state index contributed by atoms with van der Waals surface area (Å²) in [6.45, 7) is 0. The maximum absolute atomic E-state index is 12.7. The first-order valence-corrected chi connectivity index (χ1v) is 8.62. The Morgan fingerprint density at radius 2 is 1.92 bits per heavy atom. The zero-order chi connectivity index (χ0) is 16.5. The van der Waals surface area contributed by atoms with Crippen LogP contribution in [0.3, 0.4) is 0 Å². The third-order valence-corrected chi connectivity index (χ3v) is 4.80. The number of carbonyl (C=O) groups excluding carboxylic acids is 1. The van der Waals surface area contributed by atoms with Gasteiger partial charge in [0, 0.05) is 33.7 Å². The van der Waals surface area contributed by atoms with Gasteiger partial charge < -0.3 is 4.57 Å². The lowest BCUT2D eigenvalue weighted by Gasteiger charge is -2.17. The molecule has 1 aliphatic carbocycles. The number of allylic oxidation sites excluding steroid dienone is 1. The Hall–Kier alpha value is -2.46. The summed E-state index contributed by atoms with van der Waals surface area (Å²) in [6.07, 6.45) is 9.14. The Kier molecular flexibility index (Phi) is 3.90. The summed E-state index contributed by atoms with van der Waals surface area (Å²) in [4.78, 5) is 16.8. The number of hydrogen-bond donors (Lipinski definition) is 0. The first kappa shape index (κ1) is 15.1. The maximum atomic E-state index is 12.7. The predicted molar refractivity (Wildman–Crippen MR) is 98.3 cm³/mol. The lowest BCUT2D eigenvalue weighted by Crippen LogP contribution is -2.14. The molecule has 24 heavy (non-hydrogen) atoms. The van der Waals surface area contributed by atoms with Crippen molar-refractivity contribution in [3.05, 3.63) is 87.9 Å². The van der Waals surface area contributed by atoms with Crippen molar-refractivity contribution < 1.29 is 4.79 Å². The van der Waals surface area contributed by atoms with E-state index in [-0.39, 0.29) is 5.78 Å². The van der Waals surface area contributed by atoms with Gasteiger partial charge in [0.15, 0.2) is 5.78 Å². The lowest BCUT2D eigenvalue weighted by atomic mass is 9.86. The van der Waals surface area contributed by atoms with Gasteiger partial charge in [0.05, 0.1) is 6.33 Å². The number of fused-ring (bicyclic) bond motifs is 1. The lowest BCUT2D eigenvalue weighted by molar-refractivity contribution is 0.102. The van der Waals surface area contributed by atoms with Crippen LogP contribution >= 0.6 is 15.9 Å². The second-order valence-electron chi connectivity index (χ2n) is 5.86. The maximum Gasteiger partial charge on any atom is 0.189 e. The highest BCUT2D eigenvalue weighted by Gasteiger charge is 2.21. The van der Waals surface area contributed by atoms with E-state index in [4.69, 9.17) is 0 Å². The summed E-state index contributed by atoms with van der Waals surface area (Å²) in [5.41, 5.74) is 4.92. The van der Waals surface area contributed by atoms with Gasteiger partial charge in [-0.25, -0.2) is 4.98 Å². The highest BCUT2D eigenvalue weighted by molar-refractivity contribution is 9.10. The van der Waals surface area contributed by atoms with Crippen molar-refractivity contribution in [1.82, 2.24) is 9.55 Å². The summed E-state index contributed by atoms with van der Waals surface area (Å²) in [5.74, 6) is 0.135. The average molecular weight is 379 g/mol. The van der Waals surface area contributed by atoms with Crippen LogP contribution in [0.25, 0.3) is 11.8 Å². The highest BCUT2D eigenvalue weighted by atomic mass is 79.9. The molecule has 0 N–H and O–H groups in total. The van der Waals surface area contributed by atoms with Gasteiger partial charge in [-0.15, -0.1) is 0 Å². The summed E-state index contributed by atoms with van der Waals surface area (Å²) in [6, 6.07) is 14.1. The fraction of sp³-hybridized carbons (Fsp3) is 0.100. The van der Waals surface area contributed by atoms with Crippen LogP contribution in [0, 0.1) is 0 Å². The van der Waals surface area contributed by atoms with Gasteiger partial charge in [-0.05, 0) is 54.3 Å². The number of aromatic nitrogens is 2. The summed E-state index contributed by atoms with van der Waals surface area (Å²) in [7, 11) is 0. The number of Topliss-reactive ketones (excluding diaryl/α,β-unsaturated/α-hetero) is 1. The van der Waals surface area contributed by atoms with Crippen molar-refractivity contribution in [2.75, 3.05) is 0 Å². The number of rotatable bonds is 2. The Balaban J connectivity index is 1.63. The first-order valence-electron chi connectivity index (χ1n) is 7.83. The molecule has 0 saturated heterocycles. The largest absolute Gasteiger partial charge is 0.306 e. The molecule has 3 aromatic rings. The second-order valence-corrected chi connectivity index (χ2v) is 6.78. The van der Waals surface area contributed by atoms with E-state index in [0.717, 1.165) is 45.3 Å². The topological polar surface area (TPSA) is 34.9 Å². The molecule has 1 aromatic heterocycles. The highest BCUT2D eigenvalue weighted by Crippen LogP contribution is 2.29. The van der Waals surface area contributed by atoms with Gasteiger partial charge in [-0.2, -0.15) is 0 Å². The Bertz CT molecular complexity index is 925. The minimum Gasteiger partial charge on any atom is -0.306 e. The minimum atomic E-state index is 0.135. The van der Waals surface area contributed by atoms with Crippen molar-refractivity contribution in [2.24, 2.45) is 0 Å². The number of aryl methyl sites for hydroxylation is 1. The molecule has 0 spiro atoms. The van der Waals surface area contributed by atoms with Gasteiger partial charge in [-0.3, -0.25) is 4.79 Å². The zero-order valence-electron chi connectivity index (χ0n) is 12.9. The summed E-state index contributed by atoms with van der Waals surface area (Å²) < 4.78 is 2.90. The van der Waals surface area contributed by atoms with Crippen LogP contribution in [0.4, 0.5) is 0 Å². The molecule has 1 heterocycles. The smallest absolute Gasteiger partial charge is 0.189 e. The molecule has 118 valence electrons. The molecule has 2 aromatic carbocycles. The number of benzene rings is 2. The van der Waals surface area contributed by atoms with Crippen molar-refractivity contribution >= 4 is 27.8 Å². The van der Waals surface area contributed by atoms with Crippen LogP contribution in [0.15, 0.2) is 71.2 Å². The quantitative estimate of drug-likeness (QED) is 0.597. The minimum absolute atomic E-state index is 0.135. The van der Waals surface area contributed by atoms with Crippen molar-refractivity contribution in [3.8, 4) is 5.69 Å². The molecule has 0 amide bonds. The molecule has 0 saturated carbocycles. The molecule has 0 atom stereocenters. The Morgan fingerprint density at radius 3 is 2.67 bits per heavy atom. The molecule has 0 radical (unpaired) electrons. The zero-order valence-corrected chi connectivity index (χ0v) is 14.5. The van der Waals surface area contributed by atoms with E-state index in [9.17, 15) is 4.79 Å². The third kappa shape index (κ3) is 2.85. The fourth-order valence-corrected chi connectivity index (χ4v) is 3.39. The number of nitrogens with zero attached hydrogens (tertiary/aromatic N) is 2. The number of carbonyl (C=O) groups is 1. The summed E-state index contributed by atoms with van der Waals surface area (Å²) in [5, 5.41) is 0. The van der Waals surface area contributed by atoms with Crippen molar-refractivity contribution in [3.63, 3.8) is 0 Å². The van der Waals surface area contributed by atoms with E-state index < -0.39 is 0 Å². The third-order valence-electron chi connectivity index (χ3n) is 4.31. The Morgan fingerprint density at radius 1 is 1.08 bits per heavy atom. The van der Waals surface area contributed by atoms with Crippen LogP contribution in [0.1, 0.15) is 27.9 Å².